The molecule has 1 atom stereocenters. The average Bonchev–Trinajstić information content (AvgIpc) is 2.17. The Morgan fingerprint density at radius 2 is 2.43 bits per heavy atom. The number of nitrogens with zero attached hydrogens (tertiary/aromatic N) is 1. The average molecular weight is 197 g/mol. The molecule has 3 N–H and O–H groups in total. The number of aromatic nitrogens is 2. The fourth-order valence-corrected chi connectivity index (χ4v) is 1.15. The van der Waals surface area contributed by atoms with E-state index < -0.39 is 0 Å². The summed E-state index contributed by atoms with van der Waals surface area (Å²) in [6.07, 6.45) is -0.209. The van der Waals surface area contributed by atoms with Gasteiger partial charge in [-0.2, -0.15) is 0 Å². The molecule has 1 unspecified atom stereocenters. The minimum atomic E-state index is -0.209. The first-order chi connectivity index (χ1) is 6.67. The molecule has 0 radical (unpaired) electrons. The molecule has 5 nitrogen and oxygen atoms in total. The van der Waals surface area contributed by atoms with Gasteiger partial charge in [0.1, 0.15) is 11.9 Å². The van der Waals surface area contributed by atoms with Crippen LogP contribution in [-0.2, 0) is 11.3 Å². The lowest BCUT2D eigenvalue weighted by atomic mass is 10.3. The van der Waals surface area contributed by atoms with Crippen LogP contribution >= 0.6 is 0 Å². The Morgan fingerprint density at radius 1 is 1.71 bits per heavy atom. The number of rotatable bonds is 4. The third-order valence-corrected chi connectivity index (χ3v) is 1.82. The van der Waals surface area contributed by atoms with Crippen LogP contribution in [0.5, 0.6) is 0 Å². The second-order valence-electron chi connectivity index (χ2n) is 2.92. The molecule has 1 rings (SSSR count). The standard InChI is InChI=1S/C9H15N3O2/c1-3-14-6(2)9-11-7(5-10)4-8(13)12-9/h4,6H,3,5,10H2,1-2H3,(H,11,12,13). The highest BCUT2D eigenvalue weighted by Gasteiger charge is 2.08. The smallest absolute Gasteiger partial charge is 0.251 e. The predicted molar refractivity (Wildman–Crippen MR) is 52.8 cm³/mol. The zero-order valence-corrected chi connectivity index (χ0v) is 8.41. The van der Waals surface area contributed by atoms with Crippen molar-refractivity contribution in [2.75, 3.05) is 6.61 Å². The van der Waals surface area contributed by atoms with Gasteiger partial charge in [-0.3, -0.25) is 4.79 Å². The molecule has 14 heavy (non-hydrogen) atoms. The number of aromatic amines is 1. The molecule has 0 aliphatic carbocycles. The van der Waals surface area contributed by atoms with E-state index in [1.165, 1.54) is 6.07 Å². The van der Waals surface area contributed by atoms with E-state index in [1.54, 1.807) is 0 Å². The summed E-state index contributed by atoms with van der Waals surface area (Å²) < 4.78 is 5.31. The summed E-state index contributed by atoms with van der Waals surface area (Å²) in [6, 6.07) is 1.39. The maximum atomic E-state index is 11.2. The minimum absolute atomic E-state index is 0.193. The van der Waals surface area contributed by atoms with E-state index in [0.29, 0.717) is 18.1 Å². The summed E-state index contributed by atoms with van der Waals surface area (Å²) in [7, 11) is 0. The van der Waals surface area contributed by atoms with Crippen molar-refractivity contribution < 1.29 is 4.74 Å². The molecule has 0 aromatic carbocycles. The van der Waals surface area contributed by atoms with Crippen molar-refractivity contribution in [1.82, 2.24) is 9.97 Å². The first-order valence-electron chi connectivity index (χ1n) is 4.59. The van der Waals surface area contributed by atoms with Gasteiger partial charge < -0.3 is 15.5 Å². The number of hydrogen-bond donors (Lipinski definition) is 2. The van der Waals surface area contributed by atoms with Gasteiger partial charge in [0.25, 0.3) is 5.56 Å². The van der Waals surface area contributed by atoms with Gasteiger partial charge in [-0.15, -0.1) is 0 Å². The number of nitrogens with one attached hydrogen (secondary N) is 1. The van der Waals surface area contributed by atoms with Gasteiger partial charge in [0.2, 0.25) is 0 Å². The zero-order valence-electron chi connectivity index (χ0n) is 8.41. The van der Waals surface area contributed by atoms with E-state index in [1.807, 2.05) is 13.8 Å². The van der Waals surface area contributed by atoms with E-state index in [4.69, 9.17) is 10.5 Å². The van der Waals surface area contributed by atoms with Crippen LogP contribution in [0.2, 0.25) is 0 Å². The Labute approximate surface area is 82.3 Å². The van der Waals surface area contributed by atoms with Crippen LogP contribution in [0.15, 0.2) is 10.9 Å². The van der Waals surface area contributed by atoms with Crippen LogP contribution in [-0.4, -0.2) is 16.6 Å². The summed E-state index contributed by atoms with van der Waals surface area (Å²) >= 11 is 0. The van der Waals surface area contributed by atoms with Crippen LogP contribution in [0.3, 0.4) is 0 Å². The molecule has 0 aliphatic rings. The molecule has 5 heteroatoms. The van der Waals surface area contributed by atoms with E-state index in [0.717, 1.165) is 0 Å². The Bertz CT molecular complexity index is 348. The fraction of sp³-hybridized carbons (Fsp3) is 0.556. The number of ether oxygens (including phenoxy) is 1. The lowest BCUT2D eigenvalue weighted by Crippen LogP contribution is -2.17. The van der Waals surface area contributed by atoms with Gasteiger partial charge in [-0.05, 0) is 13.8 Å². The van der Waals surface area contributed by atoms with Gasteiger partial charge >= 0.3 is 0 Å². The van der Waals surface area contributed by atoms with Gasteiger partial charge in [0, 0.05) is 19.2 Å². The monoisotopic (exact) mass is 197 g/mol. The molecular weight excluding hydrogens is 182 g/mol. The molecule has 0 fully saturated rings. The van der Waals surface area contributed by atoms with Gasteiger partial charge in [-0.25, -0.2) is 4.98 Å². The molecule has 1 aromatic rings. The molecular formula is C9H15N3O2. The van der Waals surface area contributed by atoms with Crippen LogP contribution in [0.4, 0.5) is 0 Å². The van der Waals surface area contributed by atoms with Gasteiger partial charge in [0.05, 0.1) is 5.69 Å². The summed E-state index contributed by atoms with van der Waals surface area (Å²) in [5.74, 6) is 0.528. The highest BCUT2D eigenvalue weighted by molar-refractivity contribution is 5.03. The highest BCUT2D eigenvalue weighted by Crippen LogP contribution is 2.09. The molecule has 1 heterocycles. The van der Waals surface area contributed by atoms with E-state index >= 15 is 0 Å². The number of H-pyrrole nitrogens is 1. The SMILES string of the molecule is CCOC(C)c1nc(CN)cc(=O)[nH]1. The second-order valence-corrected chi connectivity index (χ2v) is 2.92. The third kappa shape index (κ3) is 2.65. The molecule has 0 amide bonds. The summed E-state index contributed by atoms with van der Waals surface area (Å²) in [5.41, 5.74) is 5.79. The lowest BCUT2D eigenvalue weighted by molar-refractivity contribution is 0.0697. The van der Waals surface area contributed by atoms with Crippen LogP contribution < -0.4 is 11.3 Å². The van der Waals surface area contributed by atoms with Crippen molar-refractivity contribution in [2.24, 2.45) is 5.73 Å². The Morgan fingerprint density at radius 3 is 3.00 bits per heavy atom. The summed E-state index contributed by atoms with van der Waals surface area (Å²) in [5, 5.41) is 0. The number of nitrogens with two attached hydrogens (primary N) is 1. The van der Waals surface area contributed by atoms with Crippen LogP contribution in [0, 0.1) is 0 Å². The Balaban J connectivity index is 2.96. The lowest BCUT2D eigenvalue weighted by Gasteiger charge is -2.10. The Hall–Kier alpha value is -1.20. The maximum absolute atomic E-state index is 11.2. The zero-order chi connectivity index (χ0) is 10.6. The van der Waals surface area contributed by atoms with Crippen LogP contribution in [0.25, 0.3) is 0 Å². The molecule has 0 spiro atoms. The van der Waals surface area contributed by atoms with Gasteiger partial charge in [-0.1, -0.05) is 0 Å². The first kappa shape index (κ1) is 10.9. The van der Waals surface area contributed by atoms with Crippen molar-refractivity contribution in [3.63, 3.8) is 0 Å². The summed E-state index contributed by atoms with van der Waals surface area (Å²) in [4.78, 5) is 18.0. The first-order valence-corrected chi connectivity index (χ1v) is 4.59. The molecule has 0 saturated carbocycles. The van der Waals surface area contributed by atoms with Crippen LogP contribution in [0.1, 0.15) is 31.5 Å². The maximum Gasteiger partial charge on any atom is 0.251 e. The molecule has 1 aromatic heterocycles. The van der Waals surface area contributed by atoms with Crippen molar-refractivity contribution in [1.29, 1.82) is 0 Å². The minimum Gasteiger partial charge on any atom is -0.371 e. The second kappa shape index (κ2) is 4.88. The Kier molecular flexibility index (Phi) is 3.79. The van der Waals surface area contributed by atoms with Crippen molar-refractivity contribution in [3.8, 4) is 0 Å². The topological polar surface area (TPSA) is 81.0 Å². The van der Waals surface area contributed by atoms with Gasteiger partial charge in [0.15, 0.2) is 0 Å². The van der Waals surface area contributed by atoms with E-state index in [2.05, 4.69) is 9.97 Å². The largest absolute Gasteiger partial charge is 0.371 e. The van der Waals surface area contributed by atoms with Crippen molar-refractivity contribution in [3.05, 3.63) is 27.9 Å². The third-order valence-electron chi connectivity index (χ3n) is 1.82. The number of hydrogen-bond acceptors (Lipinski definition) is 4. The highest BCUT2D eigenvalue weighted by atomic mass is 16.5. The van der Waals surface area contributed by atoms with E-state index in [-0.39, 0.29) is 18.2 Å². The summed E-state index contributed by atoms with van der Waals surface area (Å²) in [6.45, 7) is 4.57. The van der Waals surface area contributed by atoms with E-state index in [9.17, 15) is 4.79 Å². The van der Waals surface area contributed by atoms with Crippen molar-refractivity contribution in [2.45, 2.75) is 26.5 Å². The molecule has 0 aliphatic heterocycles. The molecule has 0 bridgehead atoms. The molecule has 0 saturated heterocycles. The predicted octanol–water partition coefficient (Wildman–Crippen LogP) is 0.326. The molecule has 78 valence electrons. The fourth-order valence-electron chi connectivity index (χ4n) is 1.15. The van der Waals surface area contributed by atoms with Crippen molar-refractivity contribution >= 4 is 0 Å². The quantitative estimate of drug-likeness (QED) is 0.728. The normalized spacial score (nSPS) is 12.8.